The predicted octanol–water partition coefficient (Wildman–Crippen LogP) is 8.95. The summed E-state index contributed by atoms with van der Waals surface area (Å²) in [6.07, 6.45) is -4.77. The average Bonchev–Trinajstić information content (AvgIpc) is 3.34. The number of pyridine rings is 2. The molecule has 2 aromatic carbocycles. The van der Waals surface area contributed by atoms with E-state index in [0.717, 1.165) is 23.3 Å². The number of benzene rings is 2. The van der Waals surface area contributed by atoms with Crippen LogP contribution in [0.15, 0.2) is 60.8 Å². The van der Waals surface area contributed by atoms with Crippen molar-refractivity contribution < 1.29 is 45.8 Å². The van der Waals surface area contributed by atoms with Crippen LogP contribution in [-0.4, -0.2) is 64.7 Å². The summed E-state index contributed by atoms with van der Waals surface area (Å²) in [6.45, 7) is 9.17. The smallest absolute Gasteiger partial charge is 0.416 e. The van der Waals surface area contributed by atoms with Crippen molar-refractivity contribution in [2.24, 2.45) is 0 Å². The minimum atomic E-state index is -4.60. The number of aromatic nitrogens is 2. The molecular formula is C39H39F5N4O5. The Labute approximate surface area is 303 Å². The fourth-order valence-corrected chi connectivity index (χ4v) is 6.57. The van der Waals surface area contributed by atoms with Gasteiger partial charge in [-0.3, -0.25) is 4.90 Å². The van der Waals surface area contributed by atoms with Crippen molar-refractivity contribution in [3.63, 3.8) is 0 Å². The van der Waals surface area contributed by atoms with E-state index in [1.54, 1.807) is 70.3 Å². The van der Waals surface area contributed by atoms with Gasteiger partial charge >= 0.3 is 18.2 Å². The summed E-state index contributed by atoms with van der Waals surface area (Å²) < 4.78 is 85.6. The molecule has 2 fully saturated rings. The molecule has 14 heteroatoms. The molecule has 4 heterocycles. The normalized spacial score (nSPS) is 18.5. The fourth-order valence-electron chi connectivity index (χ4n) is 6.57. The molecule has 53 heavy (non-hydrogen) atoms. The molecule has 2 saturated heterocycles. The molecule has 0 bridgehead atoms. The molecule has 2 aliphatic heterocycles. The molecule has 0 radical (unpaired) electrons. The number of anilines is 1. The third kappa shape index (κ3) is 7.91. The first-order valence-electron chi connectivity index (χ1n) is 16.9. The van der Waals surface area contributed by atoms with Crippen LogP contribution in [0.2, 0.25) is 0 Å². The number of methoxy groups -OCH3 is 1. The van der Waals surface area contributed by atoms with Crippen molar-refractivity contribution in [2.75, 3.05) is 25.1 Å². The van der Waals surface area contributed by atoms with E-state index < -0.39 is 60.6 Å². The van der Waals surface area contributed by atoms with E-state index in [4.69, 9.17) is 19.2 Å². The number of hydrogen-bond donors (Lipinski definition) is 0. The van der Waals surface area contributed by atoms with Gasteiger partial charge in [0.25, 0.3) is 5.92 Å². The highest BCUT2D eigenvalue weighted by molar-refractivity contribution is 5.91. The van der Waals surface area contributed by atoms with Crippen molar-refractivity contribution in [3.8, 4) is 28.1 Å². The summed E-state index contributed by atoms with van der Waals surface area (Å²) in [7, 11) is 1.44. The van der Waals surface area contributed by atoms with E-state index in [-0.39, 0.29) is 23.8 Å². The Balaban J connectivity index is 1.38. The summed E-state index contributed by atoms with van der Waals surface area (Å²) in [5, 5.41) is 0. The maximum atomic E-state index is 13.9. The number of halogens is 5. The van der Waals surface area contributed by atoms with Crippen LogP contribution in [0.5, 0.6) is 5.88 Å². The standard InChI is InChI=1S/C39H39F5N4O5/c1-21-12-25(15-27(13-21)39(42,43)44)33-23(3)48(36(50)52-33)18-31-29(10-11-32(46-31)47-19-38(40,41)20-47)30-16-26(17-45-34(30)51-7)28-9-8-24(14-22(28)2)35(49)53-37(4,5)6/h8-17,23,33H,18-20H2,1-7H3/t23-,33-/m0/s1. The minimum Gasteiger partial charge on any atom is -0.481 e. The lowest BCUT2D eigenvalue weighted by molar-refractivity contribution is -0.137. The zero-order valence-corrected chi connectivity index (χ0v) is 30.3. The van der Waals surface area contributed by atoms with Crippen LogP contribution in [0.4, 0.5) is 32.6 Å². The van der Waals surface area contributed by atoms with Crippen molar-refractivity contribution in [1.29, 1.82) is 0 Å². The predicted molar refractivity (Wildman–Crippen MR) is 187 cm³/mol. The number of alkyl halides is 5. The molecule has 0 spiro atoms. The van der Waals surface area contributed by atoms with Crippen LogP contribution in [0.1, 0.15) is 72.1 Å². The van der Waals surface area contributed by atoms with E-state index in [2.05, 4.69) is 4.98 Å². The molecule has 0 N–H and O–H groups in total. The second kappa shape index (κ2) is 13.6. The van der Waals surface area contributed by atoms with Crippen LogP contribution in [0.3, 0.4) is 0 Å². The van der Waals surface area contributed by atoms with Gasteiger partial charge in [0, 0.05) is 22.9 Å². The number of esters is 1. The highest BCUT2D eigenvalue weighted by Gasteiger charge is 2.45. The third-order valence-corrected chi connectivity index (χ3v) is 9.10. The second-order valence-corrected chi connectivity index (χ2v) is 14.5. The molecule has 2 aromatic heterocycles. The average molecular weight is 739 g/mol. The Morgan fingerprint density at radius 2 is 1.68 bits per heavy atom. The van der Waals surface area contributed by atoms with E-state index in [1.165, 1.54) is 23.8 Å². The van der Waals surface area contributed by atoms with Gasteiger partial charge in [0.15, 0.2) is 0 Å². The number of rotatable bonds is 8. The monoisotopic (exact) mass is 738 g/mol. The molecule has 6 rings (SSSR count). The molecule has 2 aliphatic rings. The minimum absolute atomic E-state index is 0.168. The number of ether oxygens (including phenoxy) is 3. The molecule has 1 amide bonds. The Bertz CT molecular complexity index is 2070. The Hall–Kier alpha value is -5.27. The number of carbonyl (C=O) groups excluding carboxylic acids is 2. The van der Waals surface area contributed by atoms with E-state index in [0.29, 0.717) is 33.5 Å². The molecule has 0 unspecified atom stereocenters. The van der Waals surface area contributed by atoms with Gasteiger partial charge in [-0.05, 0) is 101 Å². The molecule has 9 nitrogen and oxygen atoms in total. The Morgan fingerprint density at radius 1 is 0.981 bits per heavy atom. The largest absolute Gasteiger partial charge is 0.481 e. The van der Waals surface area contributed by atoms with Gasteiger partial charge < -0.3 is 19.1 Å². The first-order valence-corrected chi connectivity index (χ1v) is 16.9. The van der Waals surface area contributed by atoms with Crippen LogP contribution >= 0.6 is 0 Å². The zero-order chi connectivity index (χ0) is 38.6. The number of cyclic esters (lactones) is 1. The summed E-state index contributed by atoms with van der Waals surface area (Å²) >= 11 is 0. The number of carbonyl (C=O) groups is 2. The molecule has 4 aromatic rings. The SMILES string of the molecule is COc1ncc(-c2ccc(C(=O)OC(C)(C)C)cc2C)cc1-c1ccc(N2CC(F)(F)C2)nc1CN1C(=O)O[C@H](c2cc(C)cc(C(F)(F)F)c2)[C@@H]1C. The highest BCUT2D eigenvalue weighted by atomic mass is 19.4. The lowest BCUT2D eigenvalue weighted by Crippen LogP contribution is -2.56. The van der Waals surface area contributed by atoms with Gasteiger partial charge in [0.2, 0.25) is 5.88 Å². The fraction of sp³-hybridized carbons (Fsp3) is 0.385. The van der Waals surface area contributed by atoms with Crippen LogP contribution in [-0.2, 0) is 22.2 Å². The van der Waals surface area contributed by atoms with E-state index >= 15 is 0 Å². The molecule has 0 aliphatic carbocycles. The summed E-state index contributed by atoms with van der Waals surface area (Å²) in [5.41, 5.74) is 2.86. The van der Waals surface area contributed by atoms with Crippen LogP contribution in [0, 0.1) is 13.8 Å². The molecule has 0 saturated carbocycles. The summed E-state index contributed by atoms with van der Waals surface area (Å²) in [4.78, 5) is 38.2. The van der Waals surface area contributed by atoms with E-state index in [1.807, 2.05) is 13.0 Å². The van der Waals surface area contributed by atoms with Crippen molar-refractivity contribution in [3.05, 3.63) is 94.3 Å². The first-order chi connectivity index (χ1) is 24.7. The zero-order valence-electron chi connectivity index (χ0n) is 30.3. The second-order valence-electron chi connectivity index (χ2n) is 14.5. The number of amides is 1. The highest BCUT2D eigenvalue weighted by Crippen LogP contribution is 2.41. The Morgan fingerprint density at radius 3 is 2.30 bits per heavy atom. The summed E-state index contributed by atoms with van der Waals surface area (Å²) in [6, 6.07) is 13.1. The number of aryl methyl sites for hydroxylation is 2. The lowest BCUT2D eigenvalue weighted by atomic mass is 9.95. The van der Waals surface area contributed by atoms with Gasteiger partial charge in [-0.25, -0.2) is 28.3 Å². The quantitative estimate of drug-likeness (QED) is 0.131. The Kier molecular flexibility index (Phi) is 9.63. The van der Waals surface area contributed by atoms with Gasteiger partial charge in [0.05, 0.1) is 49.6 Å². The van der Waals surface area contributed by atoms with Gasteiger partial charge in [-0.1, -0.05) is 17.7 Å². The van der Waals surface area contributed by atoms with Crippen LogP contribution in [0.25, 0.3) is 22.3 Å². The number of hydrogen-bond acceptors (Lipinski definition) is 8. The van der Waals surface area contributed by atoms with Crippen molar-refractivity contribution in [1.82, 2.24) is 14.9 Å². The third-order valence-electron chi connectivity index (χ3n) is 9.10. The summed E-state index contributed by atoms with van der Waals surface area (Å²) in [5.74, 6) is -2.85. The lowest BCUT2D eigenvalue weighted by Gasteiger charge is -2.39. The van der Waals surface area contributed by atoms with Gasteiger partial charge in [-0.15, -0.1) is 0 Å². The van der Waals surface area contributed by atoms with Crippen molar-refractivity contribution in [2.45, 2.75) is 77.9 Å². The van der Waals surface area contributed by atoms with Crippen molar-refractivity contribution >= 4 is 17.9 Å². The molecular weight excluding hydrogens is 699 g/mol. The molecule has 2 atom stereocenters. The van der Waals surface area contributed by atoms with Gasteiger partial charge in [-0.2, -0.15) is 13.2 Å². The maximum absolute atomic E-state index is 13.9. The van der Waals surface area contributed by atoms with E-state index in [9.17, 15) is 31.5 Å². The maximum Gasteiger partial charge on any atom is 0.416 e. The van der Waals surface area contributed by atoms with Gasteiger partial charge in [0.1, 0.15) is 17.5 Å². The van der Waals surface area contributed by atoms with Crippen LogP contribution < -0.4 is 9.64 Å². The topological polar surface area (TPSA) is 94.1 Å². The molecule has 280 valence electrons. The number of nitrogens with zero attached hydrogens (tertiary/aromatic N) is 4. The first kappa shape index (κ1) is 37.5.